The monoisotopic (exact) mass is 622 g/mol. The van der Waals surface area contributed by atoms with Crippen LogP contribution in [-0.2, 0) is 46.2 Å². The molecule has 0 aromatic heterocycles. The third-order valence-electron chi connectivity index (χ3n) is 3.84. The number of hydrogen-bond acceptors (Lipinski definition) is 4. The molecule has 0 amide bonds. The number of likely N-dealkylation sites (N-methyl/N-ethyl adjacent to an activating group) is 2. The second kappa shape index (κ2) is 25.7. The van der Waals surface area contributed by atoms with Crippen molar-refractivity contribution in [2.75, 3.05) is 34.2 Å². The molecule has 0 bridgehead atoms. The van der Waals surface area contributed by atoms with Crippen molar-refractivity contribution in [3.8, 4) is 5.75 Å². The van der Waals surface area contributed by atoms with Gasteiger partial charge in [0.1, 0.15) is 5.75 Å². The Bertz CT molecular complexity index is 821. The first kappa shape index (κ1) is 37.8. The molecule has 174 valence electrons. The van der Waals surface area contributed by atoms with Crippen LogP contribution in [0.15, 0.2) is 48.5 Å². The van der Waals surface area contributed by atoms with Crippen molar-refractivity contribution < 1.29 is 49.2 Å². The third kappa shape index (κ3) is 17.7. The summed E-state index contributed by atoms with van der Waals surface area (Å²) in [5.74, 6) is 0.261. The Morgan fingerprint density at radius 2 is 1.30 bits per heavy atom. The molecule has 2 aromatic rings. The molecule has 0 spiro atoms. The average Bonchev–Trinajstić information content (AvgIpc) is 2.84. The van der Waals surface area contributed by atoms with Gasteiger partial charge >= 0.3 is 51.2 Å². The summed E-state index contributed by atoms with van der Waals surface area (Å²) in [5, 5.41) is 0. The summed E-state index contributed by atoms with van der Waals surface area (Å²) >= 11 is 0. The van der Waals surface area contributed by atoms with E-state index in [9.17, 15) is 4.79 Å². The number of hydrogen-bond donors (Lipinski definition) is 0. The summed E-state index contributed by atoms with van der Waals surface area (Å²) in [7, 11) is 6.17. The Kier molecular flexibility index (Phi) is 29.5. The molecule has 0 aliphatic heterocycles. The summed E-state index contributed by atoms with van der Waals surface area (Å²) < 4.78 is 35.5. The van der Waals surface area contributed by atoms with Crippen molar-refractivity contribution in [1.29, 1.82) is 0 Å². The van der Waals surface area contributed by atoms with E-state index in [2.05, 4.69) is 57.5 Å². The van der Waals surface area contributed by atoms with E-state index in [0.29, 0.717) is 17.9 Å². The van der Waals surface area contributed by atoms with E-state index in [4.69, 9.17) is 23.3 Å². The number of carbonyl (C=O) groups is 1. The van der Waals surface area contributed by atoms with Crippen molar-refractivity contribution in [1.82, 2.24) is 9.80 Å². The van der Waals surface area contributed by atoms with Gasteiger partial charge in [-0.15, -0.1) is 0 Å². The van der Waals surface area contributed by atoms with Crippen molar-refractivity contribution in [3.63, 3.8) is 0 Å². The normalized spacial score (nSPS) is 8.30. The van der Waals surface area contributed by atoms with Crippen LogP contribution >= 0.6 is 0 Å². The predicted octanol–water partition coefficient (Wildman–Crippen LogP) is 3.06. The van der Waals surface area contributed by atoms with Crippen LogP contribution in [0, 0.1) is 33.5 Å². The molecule has 0 radical (unpaired) electrons. The second-order valence-electron chi connectivity index (χ2n) is 6.40. The molecule has 0 aliphatic carbocycles. The van der Waals surface area contributed by atoms with Crippen LogP contribution in [-0.4, -0.2) is 50.0 Å². The zero-order chi connectivity index (χ0) is 25.5. The predicted molar refractivity (Wildman–Crippen MR) is 113 cm³/mol. The molecular formula is C24H26N2O6W. The molecular weight excluding hydrogens is 596 g/mol. The second-order valence-corrected chi connectivity index (χ2v) is 6.40. The summed E-state index contributed by atoms with van der Waals surface area (Å²) in [6.07, 6.45) is 0. The summed E-state index contributed by atoms with van der Waals surface area (Å²) in [6.45, 7) is 22.6. The molecule has 0 atom stereocenters. The van der Waals surface area contributed by atoms with Gasteiger partial charge < -0.3 is 14.5 Å². The van der Waals surface area contributed by atoms with E-state index in [0.717, 1.165) is 24.2 Å². The Balaban J connectivity index is -0.000000421. The maximum atomic E-state index is 12.5. The van der Waals surface area contributed by atoms with Gasteiger partial charge in [-0.25, -0.2) is 4.79 Å². The standard InChI is InChI=1S/C20H26N2O2.4CO.W/c1-16-9-11-18(12-10-16)24-20(23)19-8-6-5-7-17(19)15-22(4)14-13-21(2)3;4*1-2;/h5-12H,13-15H2,1-4H3;;;;;. The van der Waals surface area contributed by atoms with Gasteiger partial charge in [0.05, 0.1) is 5.56 Å². The van der Waals surface area contributed by atoms with E-state index in [1.807, 2.05) is 55.5 Å². The SMILES string of the molecule is Cc1ccc(OC(=O)c2ccccc2CN(C)CCN(C)C)cc1.[C-]#[O+].[C-]#[O+].[C-]#[O+].[C-]#[O+].[W]. The Labute approximate surface area is 210 Å². The van der Waals surface area contributed by atoms with E-state index in [-0.39, 0.29) is 27.0 Å². The van der Waals surface area contributed by atoms with Crippen LogP contribution in [0.3, 0.4) is 0 Å². The van der Waals surface area contributed by atoms with E-state index in [1.165, 1.54) is 0 Å². The van der Waals surface area contributed by atoms with Gasteiger partial charge in [0.15, 0.2) is 0 Å². The van der Waals surface area contributed by atoms with Crippen molar-refractivity contribution in [3.05, 3.63) is 91.8 Å². The molecule has 2 rings (SSSR count). The molecule has 2 aromatic carbocycles. The largest absolute Gasteiger partial charge is 0 e. The molecule has 0 saturated heterocycles. The van der Waals surface area contributed by atoms with Crippen LogP contribution in [0.25, 0.3) is 0 Å². The number of aryl methyl sites for hydroxylation is 1. The minimum Gasteiger partial charge on any atom is 0 e. The zero-order valence-corrected chi connectivity index (χ0v) is 21.9. The fraction of sp³-hybridized carbons (Fsp3) is 0.292. The molecule has 0 aliphatic rings. The molecule has 0 N–H and O–H groups in total. The maximum Gasteiger partial charge on any atom is 0 e. The van der Waals surface area contributed by atoms with Gasteiger partial charge in [-0.05, 0) is 51.8 Å². The number of ether oxygens (including phenoxy) is 1. The smallest absolute Gasteiger partial charge is 0 e. The van der Waals surface area contributed by atoms with Crippen molar-refractivity contribution in [2.45, 2.75) is 13.5 Å². The Hall–Kier alpha value is -2.52. The van der Waals surface area contributed by atoms with E-state index >= 15 is 0 Å². The minimum absolute atomic E-state index is 0. The quantitative estimate of drug-likeness (QED) is 0.205. The summed E-state index contributed by atoms with van der Waals surface area (Å²) in [6, 6.07) is 15.1. The van der Waals surface area contributed by atoms with Gasteiger partial charge in [0.25, 0.3) is 0 Å². The van der Waals surface area contributed by atoms with E-state index in [1.54, 1.807) is 0 Å². The van der Waals surface area contributed by atoms with Crippen LogP contribution < -0.4 is 4.74 Å². The number of esters is 1. The Morgan fingerprint density at radius 3 is 1.79 bits per heavy atom. The maximum absolute atomic E-state index is 12.5. The van der Waals surface area contributed by atoms with Gasteiger partial charge in [0, 0.05) is 40.7 Å². The van der Waals surface area contributed by atoms with Crippen LogP contribution in [0.2, 0.25) is 0 Å². The Morgan fingerprint density at radius 1 is 0.818 bits per heavy atom. The minimum atomic E-state index is -0.310. The summed E-state index contributed by atoms with van der Waals surface area (Å²) in [5.41, 5.74) is 2.74. The first-order valence-electron chi connectivity index (χ1n) is 8.97. The van der Waals surface area contributed by atoms with Gasteiger partial charge in [-0.1, -0.05) is 35.9 Å². The fourth-order valence-electron chi connectivity index (χ4n) is 2.37. The number of benzene rings is 2. The van der Waals surface area contributed by atoms with Gasteiger partial charge in [-0.2, -0.15) is 0 Å². The van der Waals surface area contributed by atoms with Crippen molar-refractivity contribution in [2.24, 2.45) is 0 Å². The van der Waals surface area contributed by atoms with Gasteiger partial charge in [0.2, 0.25) is 0 Å². The molecule has 9 heteroatoms. The molecule has 0 fully saturated rings. The first-order valence-corrected chi connectivity index (χ1v) is 8.97. The molecule has 0 saturated carbocycles. The first-order chi connectivity index (χ1) is 15.5. The molecule has 33 heavy (non-hydrogen) atoms. The molecule has 8 nitrogen and oxygen atoms in total. The number of rotatable bonds is 7. The van der Waals surface area contributed by atoms with Crippen LogP contribution in [0.1, 0.15) is 21.5 Å². The molecule has 0 heterocycles. The van der Waals surface area contributed by atoms with Crippen LogP contribution in [0.4, 0.5) is 0 Å². The zero-order valence-electron chi connectivity index (χ0n) is 19.0. The van der Waals surface area contributed by atoms with Gasteiger partial charge in [-0.3, -0.25) is 0 Å². The number of nitrogens with zero attached hydrogens (tertiary/aromatic N) is 2. The van der Waals surface area contributed by atoms with E-state index < -0.39 is 0 Å². The average molecular weight is 622 g/mol. The summed E-state index contributed by atoms with van der Waals surface area (Å²) in [4.78, 5) is 16.9. The van der Waals surface area contributed by atoms with Crippen LogP contribution in [0.5, 0.6) is 5.75 Å². The molecule has 0 unspecified atom stereocenters. The number of carbonyl (C=O) groups excluding carboxylic acids is 1. The topological polar surface area (TPSA) is 112 Å². The fourth-order valence-corrected chi connectivity index (χ4v) is 2.37. The van der Waals surface area contributed by atoms with Crippen molar-refractivity contribution >= 4 is 5.97 Å². The third-order valence-corrected chi connectivity index (χ3v) is 3.84.